The van der Waals surface area contributed by atoms with Gasteiger partial charge in [-0.3, -0.25) is 19.2 Å². The summed E-state index contributed by atoms with van der Waals surface area (Å²) >= 11 is 5.91. The first-order valence-corrected chi connectivity index (χ1v) is 13.7. The first-order valence-electron chi connectivity index (χ1n) is 13.4. The highest BCUT2D eigenvalue weighted by molar-refractivity contribution is 6.30. The number of anilines is 2. The average molecular weight is 584 g/mol. The Labute approximate surface area is 243 Å². The lowest BCUT2D eigenvalue weighted by Crippen LogP contribution is -2.35. The molecule has 218 valence electrons. The van der Waals surface area contributed by atoms with Crippen LogP contribution in [0.1, 0.15) is 46.6 Å². The number of nitrogens with zero attached hydrogens (tertiary/aromatic N) is 3. The molecular formula is C29H34ClN5O6. The van der Waals surface area contributed by atoms with Crippen LogP contribution in [0.3, 0.4) is 0 Å². The largest absolute Gasteiger partial charge is 0.449 e. The molecule has 0 unspecified atom stereocenters. The highest BCUT2D eigenvalue weighted by atomic mass is 35.5. The van der Waals surface area contributed by atoms with Gasteiger partial charge in [-0.25, -0.2) is 4.98 Å². The van der Waals surface area contributed by atoms with Crippen LogP contribution in [0.15, 0.2) is 40.9 Å². The lowest BCUT2D eigenvalue weighted by atomic mass is 9.81. The van der Waals surface area contributed by atoms with E-state index in [1.54, 1.807) is 57.4 Å². The van der Waals surface area contributed by atoms with Crippen LogP contribution in [0, 0.1) is 11.8 Å². The number of carbonyl (C=O) groups is 4. The van der Waals surface area contributed by atoms with Gasteiger partial charge in [0, 0.05) is 52.8 Å². The van der Waals surface area contributed by atoms with E-state index in [2.05, 4.69) is 15.6 Å². The van der Waals surface area contributed by atoms with Crippen molar-refractivity contribution in [1.29, 1.82) is 0 Å². The number of halogens is 1. The third-order valence-corrected chi connectivity index (χ3v) is 7.46. The van der Waals surface area contributed by atoms with Gasteiger partial charge in [-0.1, -0.05) is 17.7 Å². The van der Waals surface area contributed by atoms with E-state index in [4.69, 9.17) is 20.8 Å². The number of nitrogens with one attached hydrogen (secondary N) is 2. The van der Waals surface area contributed by atoms with Crippen LogP contribution in [-0.2, 0) is 14.3 Å². The van der Waals surface area contributed by atoms with Gasteiger partial charge in [-0.2, -0.15) is 0 Å². The summed E-state index contributed by atoms with van der Waals surface area (Å²) in [6.07, 6.45) is 3.61. The summed E-state index contributed by atoms with van der Waals surface area (Å²) in [5.74, 6) is -1.65. The SMILES string of the molecule is COCCN(C)C(=O)c1cccc2oc(C(=O)Nc3ccc(Cl)cn3)c(NC(=O)[C@H]3CC[C@H](C(=O)N(C)C)CC3)c12. The van der Waals surface area contributed by atoms with E-state index in [9.17, 15) is 19.2 Å². The number of benzene rings is 1. The zero-order chi connectivity index (χ0) is 29.7. The summed E-state index contributed by atoms with van der Waals surface area (Å²) in [5, 5.41) is 6.28. The number of fused-ring (bicyclic) bond motifs is 1. The first kappa shape index (κ1) is 30.0. The quantitative estimate of drug-likeness (QED) is 0.384. The minimum absolute atomic E-state index is 0.0557. The summed E-state index contributed by atoms with van der Waals surface area (Å²) in [4.78, 5) is 59.9. The molecule has 2 N–H and O–H groups in total. The molecular weight excluding hydrogens is 550 g/mol. The average Bonchev–Trinajstić information content (AvgIpc) is 3.34. The summed E-state index contributed by atoms with van der Waals surface area (Å²) < 4.78 is 11.0. The maximum absolute atomic E-state index is 13.5. The number of likely N-dealkylation sites (N-methyl/N-ethyl adjacent to an activating group) is 1. The number of aromatic nitrogens is 1. The van der Waals surface area contributed by atoms with Crippen LogP contribution in [0.4, 0.5) is 11.5 Å². The van der Waals surface area contributed by atoms with Crippen molar-refractivity contribution in [2.75, 3.05) is 52.0 Å². The Kier molecular flexibility index (Phi) is 9.61. The smallest absolute Gasteiger partial charge is 0.294 e. The predicted octanol–water partition coefficient (Wildman–Crippen LogP) is 4.29. The number of amides is 4. The van der Waals surface area contributed by atoms with Gasteiger partial charge in [0.1, 0.15) is 17.1 Å². The van der Waals surface area contributed by atoms with Crippen LogP contribution in [0.2, 0.25) is 5.02 Å². The fourth-order valence-electron chi connectivity index (χ4n) is 4.96. The topological polar surface area (TPSA) is 134 Å². The van der Waals surface area contributed by atoms with E-state index in [0.717, 1.165) is 0 Å². The number of ether oxygens (including phenoxy) is 1. The summed E-state index contributed by atoms with van der Waals surface area (Å²) in [6.45, 7) is 0.684. The zero-order valence-corrected chi connectivity index (χ0v) is 24.3. The van der Waals surface area contributed by atoms with Crippen LogP contribution >= 0.6 is 11.6 Å². The van der Waals surface area contributed by atoms with Gasteiger partial charge < -0.3 is 29.6 Å². The van der Waals surface area contributed by atoms with E-state index in [1.165, 1.54) is 17.2 Å². The second-order valence-corrected chi connectivity index (χ2v) is 10.7. The van der Waals surface area contributed by atoms with Gasteiger partial charge in [0.25, 0.3) is 11.8 Å². The number of hydrogen-bond acceptors (Lipinski definition) is 7. The molecule has 4 amide bonds. The fraction of sp³-hybridized carbons (Fsp3) is 0.414. The molecule has 1 aliphatic rings. The third-order valence-electron chi connectivity index (χ3n) is 7.23. The number of pyridine rings is 1. The Morgan fingerprint density at radius 2 is 1.73 bits per heavy atom. The Balaban J connectivity index is 1.68. The molecule has 12 heteroatoms. The number of carbonyl (C=O) groups excluding carboxylic acids is 4. The molecule has 41 heavy (non-hydrogen) atoms. The standard InChI is InChI=1S/C29H34ClN5O6/c1-34(2)28(38)18-10-8-17(9-11-18)26(36)33-24-23-20(29(39)35(3)14-15-40-4)6-5-7-21(23)41-25(24)27(37)32-22-13-12-19(30)16-31-22/h5-7,12-13,16-18H,8-11,14-15H2,1-4H3,(H,33,36)(H,31,32,37)/t17-,18-. The molecule has 2 aromatic heterocycles. The van der Waals surface area contributed by atoms with Gasteiger partial charge in [0.15, 0.2) is 0 Å². The Hall–Kier alpha value is -3.96. The second kappa shape index (κ2) is 13.1. The Bertz CT molecular complexity index is 1430. The number of rotatable bonds is 9. The van der Waals surface area contributed by atoms with Gasteiger partial charge in [0.05, 0.1) is 22.6 Å². The van der Waals surface area contributed by atoms with Crippen molar-refractivity contribution in [1.82, 2.24) is 14.8 Å². The maximum atomic E-state index is 13.5. The molecule has 0 aliphatic heterocycles. The molecule has 1 aliphatic carbocycles. The monoisotopic (exact) mass is 583 g/mol. The van der Waals surface area contributed by atoms with E-state index < -0.39 is 5.91 Å². The number of hydrogen-bond donors (Lipinski definition) is 2. The zero-order valence-electron chi connectivity index (χ0n) is 23.5. The summed E-state index contributed by atoms with van der Waals surface area (Å²) in [6, 6.07) is 8.02. The molecule has 0 saturated heterocycles. The van der Waals surface area contributed by atoms with Crippen molar-refractivity contribution < 1.29 is 28.3 Å². The van der Waals surface area contributed by atoms with Crippen LogP contribution in [-0.4, -0.2) is 79.8 Å². The van der Waals surface area contributed by atoms with Crippen molar-refractivity contribution in [3.8, 4) is 0 Å². The van der Waals surface area contributed by atoms with Gasteiger partial charge in [0.2, 0.25) is 17.6 Å². The fourth-order valence-corrected chi connectivity index (χ4v) is 5.07. The minimum atomic E-state index is -0.655. The molecule has 0 bridgehead atoms. The normalized spacial score (nSPS) is 16.7. The molecule has 0 spiro atoms. The van der Waals surface area contributed by atoms with E-state index in [0.29, 0.717) is 49.2 Å². The Morgan fingerprint density at radius 1 is 1.02 bits per heavy atom. The predicted molar refractivity (Wildman–Crippen MR) is 155 cm³/mol. The molecule has 1 fully saturated rings. The molecule has 0 radical (unpaired) electrons. The van der Waals surface area contributed by atoms with Gasteiger partial charge in [-0.15, -0.1) is 0 Å². The lowest BCUT2D eigenvalue weighted by Gasteiger charge is -2.28. The van der Waals surface area contributed by atoms with E-state index in [1.807, 2.05) is 0 Å². The van der Waals surface area contributed by atoms with Gasteiger partial charge >= 0.3 is 0 Å². The van der Waals surface area contributed by atoms with Crippen molar-refractivity contribution in [3.63, 3.8) is 0 Å². The molecule has 4 rings (SSSR count). The van der Waals surface area contributed by atoms with Crippen LogP contribution < -0.4 is 10.6 Å². The highest BCUT2D eigenvalue weighted by Gasteiger charge is 2.33. The van der Waals surface area contributed by atoms with Crippen LogP contribution in [0.25, 0.3) is 11.0 Å². The maximum Gasteiger partial charge on any atom is 0.294 e. The van der Waals surface area contributed by atoms with E-state index >= 15 is 0 Å². The lowest BCUT2D eigenvalue weighted by molar-refractivity contribution is -0.135. The highest BCUT2D eigenvalue weighted by Crippen LogP contribution is 2.37. The third kappa shape index (κ3) is 6.86. The van der Waals surface area contributed by atoms with Crippen molar-refractivity contribution in [3.05, 3.63) is 52.9 Å². The number of methoxy groups -OCH3 is 1. The van der Waals surface area contributed by atoms with Crippen molar-refractivity contribution in [2.24, 2.45) is 11.8 Å². The molecule has 1 saturated carbocycles. The molecule has 2 heterocycles. The molecule has 3 aromatic rings. The summed E-state index contributed by atoms with van der Waals surface area (Å²) in [7, 11) is 6.64. The number of furan rings is 1. The summed E-state index contributed by atoms with van der Waals surface area (Å²) in [5.41, 5.74) is 0.636. The van der Waals surface area contributed by atoms with Gasteiger partial charge in [-0.05, 0) is 49.9 Å². The van der Waals surface area contributed by atoms with Crippen molar-refractivity contribution in [2.45, 2.75) is 25.7 Å². The van der Waals surface area contributed by atoms with Crippen molar-refractivity contribution >= 4 is 57.7 Å². The Morgan fingerprint density at radius 3 is 2.37 bits per heavy atom. The van der Waals surface area contributed by atoms with Crippen LogP contribution in [0.5, 0.6) is 0 Å². The minimum Gasteiger partial charge on any atom is -0.449 e. The second-order valence-electron chi connectivity index (χ2n) is 10.3. The first-order chi connectivity index (χ1) is 19.6. The molecule has 1 aromatic carbocycles. The van der Waals surface area contributed by atoms with E-state index in [-0.39, 0.29) is 58.0 Å². The molecule has 0 atom stereocenters. The molecule has 11 nitrogen and oxygen atoms in total.